The first-order chi connectivity index (χ1) is 13.3. The molecule has 2 saturated heterocycles. The minimum atomic E-state index is -0.370. The van der Waals surface area contributed by atoms with E-state index in [0.29, 0.717) is 12.1 Å². The molecule has 0 aliphatic carbocycles. The molecule has 6 heteroatoms. The number of hydrogen-bond donors (Lipinski definition) is 2. The summed E-state index contributed by atoms with van der Waals surface area (Å²) in [7, 11) is 0. The molecule has 0 bridgehead atoms. The van der Waals surface area contributed by atoms with Crippen LogP contribution in [0.2, 0.25) is 0 Å². The Morgan fingerprint density at radius 3 is 2.50 bits per heavy atom. The van der Waals surface area contributed by atoms with Gasteiger partial charge in [-0.05, 0) is 37.8 Å². The van der Waals surface area contributed by atoms with Crippen LogP contribution in [0.1, 0.15) is 56.8 Å². The minimum absolute atomic E-state index is 0.0470. The van der Waals surface area contributed by atoms with Crippen LogP contribution in [0.5, 0.6) is 0 Å². The number of ether oxygens (including phenoxy) is 1. The van der Waals surface area contributed by atoms with Crippen LogP contribution in [-0.4, -0.2) is 50.2 Å². The Morgan fingerprint density at radius 1 is 1.14 bits per heavy atom. The number of nitrogens with one attached hydrogen (secondary N) is 2. The fraction of sp³-hybridized carbons (Fsp3) is 0.636. The lowest BCUT2D eigenvalue weighted by molar-refractivity contribution is -0.129. The summed E-state index contributed by atoms with van der Waals surface area (Å²) in [4.78, 5) is 27.2. The summed E-state index contributed by atoms with van der Waals surface area (Å²) >= 11 is 0. The molecule has 2 amide bonds. The molecule has 0 spiro atoms. The quantitative estimate of drug-likeness (QED) is 0.815. The van der Waals surface area contributed by atoms with Gasteiger partial charge in [0.15, 0.2) is 0 Å². The minimum Gasteiger partial charge on any atom is -0.376 e. The van der Waals surface area contributed by atoms with Gasteiger partial charge < -0.3 is 20.3 Å². The molecule has 6 nitrogen and oxygen atoms in total. The number of rotatable bonds is 5. The van der Waals surface area contributed by atoms with Crippen molar-refractivity contribution >= 4 is 17.5 Å². The zero-order valence-corrected chi connectivity index (χ0v) is 17.3. The average Bonchev–Trinajstić information content (AvgIpc) is 3.19. The maximum absolute atomic E-state index is 12.7. The topological polar surface area (TPSA) is 70.7 Å². The van der Waals surface area contributed by atoms with E-state index in [4.69, 9.17) is 4.74 Å². The van der Waals surface area contributed by atoms with Gasteiger partial charge in [0.1, 0.15) is 0 Å². The fourth-order valence-corrected chi connectivity index (χ4v) is 3.72. The Bertz CT molecular complexity index is 685. The summed E-state index contributed by atoms with van der Waals surface area (Å²) in [6.07, 6.45) is 3.98. The van der Waals surface area contributed by atoms with E-state index in [1.165, 1.54) is 0 Å². The highest BCUT2D eigenvalue weighted by molar-refractivity contribution is 5.99. The van der Waals surface area contributed by atoms with E-state index in [-0.39, 0.29) is 29.4 Å². The van der Waals surface area contributed by atoms with E-state index in [0.717, 1.165) is 51.1 Å². The van der Waals surface area contributed by atoms with E-state index in [1.807, 2.05) is 45.0 Å². The number of anilines is 1. The molecule has 2 heterocycles. The van der Waals surface area contributed by atoms with Gasteiger partial charge in [-0.25, -0.2) is 0 Å². The molecular weight excluding hydrogens is 354 g/mol. The van der Waals surface area contributed by atoms with E-state index >= 15 is 0 Å². The van der Waals surface area contributed by atoms with E-state index in [9.17, 15) is 9.59 Å². The third kappa shape index (κ3) is 5.25. The van der Waals surface area contributed by atoms with Gasteiger partial charge in [-0.15, -0.1) is 0 Å². The van der Waals surface area contributed by atoms with Crippen molar-refractivity contribution in [3.63, 3.8) is 0 Å². The van der Waals surface area contributed by atoms with Gasteiger partial charge in [-0.1, -0.05) is 32.9 Å². The lowest BCUT2D eigenvalue weighted by Crippen LogP contribution is -2.48. The van der Waals surface area contributed by atoms with E-state index in [1.54, 1.807) is 0 Å². The summed E-state index contributed by atoms with van der Waals surface area (Å²) < 4.78 is 5.59. The molecule has 1 aromatic rings. The summed E-state index contributed by atoms with van der Waals surface area (Å²) in [6.45, 7) is 8.80. The molecule has 2 fully saturated rings. The second-order valence-corrected chi connectivity index (χ2v) is 8.85. The van der Waals surface area contributed by atoms with Crippen molar-refractivity contribution in [2.45, 2.75) is 58.6 Å². The van der Waals surface area contributed by atoms with Gasteiger partial charge in [0.25, 0.3) is 5.91 Å². The summed E-state index contributed by atoms with van der Waals surface area (Å²) in [5.41, 5.74) is 1.30. The predicted molar refractivity (Wildman–Crippen MR) is 111 cm³/mol. The van der Waals surface area contributed by atoms with Crippen LogP contribution in [0.15, 0.2) is 24.3 Å². The number of hydrogen-bond acceptors (Lipinski definition) is 4. The first-order valence-corrected chi connectivity index (χ1v) is 10.4. The fourth-order valence-electron chi connectivity index (χ4n) is 3.72. The molecule has 1 atom stereocenters. The van der Waals surface area contributed by atoms with E-state index in [2.05, 4.69) is 15.5 Å². The molecule has 154 valence electrons. The Balaban J connectivity index is 1.57. The number of carbonyl (C=O) groups excluding carboxylic acids is 2. The first kappa shape index (κ1) is 20.6. The second-order valence-electron chi connectivity index (χ2n) is 8.85. The predicted octanol–water partition coefficient (Wildman–Crippen LogP) is 2.73. The highest BCUT2D eigenvalue weighted by atomic mass is 16.5. The Labute approximate surface area is 168 Å². The third-order valence-electron chi connectivity index (χ3n) is 5.52. The van der Waals surface area contributed by atoms with Gasteiger partial charge in [0, 0.05) is 43.4 Å². The molecule has 3 rings (SSSR count). The summed E-state index contributed by atoms with van der Waals surface area (Å²) in [5, 5.41) is 6.19. The Morgan fingerprint density at radius 2 is 1.86 bits per heavy atom. The summed E-state index contributed by atoms with van der Waals surface area (Å²) in [5.74, 6) is 0.0501. The molecule has 0 aromatic heterocycles. The van der Waals surface area contributed by atoms with Gasteiger partial charge >= 0.3 is 0 Å². The SMILES string of the molecule is CC(C)(C)C(=O)NC1CCN(c2ccccc2C(=O)NC[C@H]2CCCO2)CC1. The third-order valence-corrected chi connectivity index (χ3v) is 5.52. The highest BCUT2D eigenvalue weighted by Gasteiger charge is 2.28. The molecule has 0 saturated carbocycles. The normalized spacial score (nSPS) is 20.8. The molecule has 0 unspecified atom stereocenters. The monoisotopic (exact) mass is 387 g/mol. The molecule has 2 aliphatic rings. The molecule has 2 aliphatic heterocycles. The van der Waals surface area contributed by atoms with Gasteiger partial charge in [-0.3, -0.25) is 9.59 Å². The average molecular weight is 388 g/mol. The largest absolute Gasteiger partial charge is 0.376 e. The standard InChI is InChI=1S/C22H33N3O3/c1-22(2,3)21(27)24-16-10-12-25(13-11-16)19-9-5-4-8-18(19)20(26)23-15-17-7-6-14-28-17/h4-5,8-9,16-17H,6-7,10-15H2,1-3H3,(H,23,26)(H,24,27)/t17-/m1/s1. The van der Waals surface area contributed by atoms with Crippen LogP contribution >= 0.6 is 0 Å². The van der Waals surface area contributed by atoms with Crippen molar-refractivity contribution in [3.8, 4) is 0 Å². The second kappa shape index (κ2) is 8.95. The number of para-hydroxylation sites is 1. The molecule has 2 N–H and O–H groups in total. The van der Waals surface area contributed by atoms with Crippen LogP contribution in [-0.2, 0) is 9.53 Å². The Kier molecular flexibility index (Phi) is 6.60. The number of nitrogens with zero attached hydrogens (tertiary/aromatic N) is 1. The zero-order valence-electron chi connectivity index (χ0n) is 17.3. The van der Waals surface area contributed by atoms with Crippen LogP contribution in [0.3, 0.4) is 0 Å². The Hall–Kier alpha value is -2.08. The number of carbonyl (C=O) groups is 2. The lowest BCUT2D eigenvalue weighted by atomic mass is 9.94. The van der Waals surface area contributed by atoms with Crippen molar-refractivity contribution in [2.24, 2.45) is 5.41 Å². The molecule has 0 radical (unpaired) electrons. The maximum Gasteiger partial charge on any atom is 0.253 e. The summed E-state index contributed by atoms with van der Waals surface area (Å²) in [6, 6.07) is 7.96. The van der Waals surface area contributed by atoms with Gasteiger partial charge in [0.2, 0.25) is 5.91 Å². The lowest BCUT2D eigenvalue weighted by Gasteiger charge is -2.35. The van der Waals surface area contributed by atoms with Crippen molar-refractivity contribution in [2.75, 3.05) is 31.1 Å². The van der Waals surface area contributed by atoms with Crippen LogP contribution < -0.4 is 15.5 Å². The maximum atomic E-state index is 12.7. The van der Waals surface area contributed by atoms with Crippen LogP contribution in [0.25, 0.3) is 0 Å². The van der Waals surface area contributed by atoms with Crippen molar-refractivity contribution in [1.29, 1.82) is 0 Å². The van der Waals surface area contributed by atoms with Crippen molar-refractivity contribution in [3.05, 3.63) is 29.8 Å². The molecule has 1 aromatic carbocycles. The van der Waals surface area contributed by atoms with Crippen molar-refractivity contribution < 1.29 is 14.3 Å². The number of piperidine rings is 1. The number of amides is 2. The molecule has 28 heavy (non-hydrogen) atoms. The van der Waals surface area contributed by atoms with Crippen molar-refractivity contribution in [1.82, 2.24) is 10.6 Å². The first-order valence-electron chi connectivity index (χ1n) is 10.4. The smallest absolute Gasteiger partial charge is 0.253 e. The number of benzene rings is 1. The van der Waals surface area contributed by atoms with Gasteiger partial charge in [-0.2, -0.15) is 0 Å². The van der Waals surface area contributed by atoms with Crippen LogP contribution in [0, 0.1) is 5.41 Å². The zero-order chi connectivity index (χ0) is 20.1. The molecular formula is C22H33N3O3. The highest BCUT2D eigenvalue weighted by Crippen LogP contribution is 2.25. The van der Waals surface area contributed by atoms with Crippen LogP contribution in [0.4, 0.5) is 5.69 Å². The van der Waals surface area contributed by atoms with E-state index < -0.39 is 0 Å². The van der Waals surface area contributed by atoms with Gasteiger partial charge in [0.05, 0.1) is 11.7 Å².